The summed E-state index contributed by atoms with van der Waals surface area (Å²) in [7, 11) is 0. The summed E-state index contributed by atoms with van der Waals surface area (Å²) >= 11 is 2.88. The predicted octanol–water partition coefficient (Wildman–Crippen LogP) is 4.70. The van der Waals surface area contributed by atoms with Gasteiger partial charge in [-0.25, -0.2) is 0 Å². The third-order valence-electron chi connectivity index (χ3n) is 8.08. The molecule has 0 radical (unpaired) electrons. The first-order valence-electron chi connectivity index (χ1n) is 11.8. The van der Waals surface area contributed by atoms with Crippen LogP contribution >= 0.6 is 11.6 Å². The molecule has 3 atom stereocenters. The Bertz CT molecular complexity index is 1270. The molecule has 4 aliphatic carbocycles. The van der Waals surface area contributed by atoms with Crippen LogP contribution in [0.1, 0.15) is 48.0 Å². The van der Waals surface area contributed by atoms with Gasteiger partial charge in [-0.3, -0.25) is 18.1 Å². The van der Waals surface area contributed by atoms with Crippen molar-refractivity contribution >= 4 is 46.1 Å². The van der Waals surface area contributed by atoms with E-state index in [0.717, 1.165) is 35.7 Å². The first-order valence-corrected chi connectivity index (χ1v) is 13.3. The van der Waals surface area contributed by atoms with Crippen molar-refractivity contribution in [1.82, 2.24) is 5.32 Å². The molecule has 37 heavy (non-hydrogen) atoms. The number of nitrogens with one attached hydrogen (secondary N) is 1. The van der Waals surface area contributed by atoms with Gasteiger partial charge in [0.25, 0.3) is 5.91 Å². The Labute approximate surface area is 219 Å². The van der Waals surface area contributed by atoms with Crippen molar-refractivity contribution in [2.75, 3.05) is 4.31 Å². The lowest BCUT2D eigenvalue weighted by atomic mass is 9.47. The molecule has 4 bridgehead atoms. The van der Waals surface area contributed by atoms with Crippen molar-refractivity contribution in [3.8, 4) is 0 Å². The zero-order valence-electron chi connectivity index (χ0n) is 19.5. The van der Waals surface area contributed by atoms with Gasteiger partial charge in [0.1, 0.15) is 0 Å². The van der Waals surface area contributed by atoms with E-state index in [1.165, 1.54) is 24.3 Å². The molecule has 0 spiro atoms. The van der Waals surface area contributed by atoms with E-state index in [0.29, 0.717) is 24.8 Å². The fraction of sp³-hybridized carbons (Fsp3) is 0.440. The van der Waals surface area contributed by atoms with Crippen LogP contribution in [-0.4, -0.2) is 26.6 Å². The van der Waals surface area contributed by atoms with Gasteiger partial charge < -0.3 is 15.6 Å². The summed E-state index contributed by atoms with van der Waals surface area (Å²) in [5, 5.41) is 2.44. The van der Waals surface area contributed by atoms with Gasteiger partial charge in [0.2, 0.25) is 5.91 Å². The number of nitrogens with two attached hydrogens (primary N) is 1. The number of hydrogen-bond donors (Lipinski definition) is 2. The zero-order chi connectivity index (χ0) is 26.7. The van der Waals surface area contributed by atoms with Crippen LogP contribution in [0.15, 0.2) is 42.5 Å². The number of primary amides is 1. The van der Waals surface area contributed by atoms with E-state index < -0.39 is 39.4 Å². The minimum absolute atomic E-state index is 0.0644. The Morgan fingerprint density at radius 1 is 1.08 bits per heavy atom. The third kappa shape index (κ3) is 4.72. The van der Waals surface area contributed by atoms with Gasteiger partial charge in [-0.15, -0.1) is 0 Å². The normalized spacial score (nSPS) is 29.1. The number of hydrogen-bond acceptors (Lipinski definition) is 4. The first-order chi connectivity index (χ1) is 17.4. The molecule has 198 valence electrons. The number of alkyl halides is 3. The van der Waals surface area contributed by atoms with E-state index >= 15 is 0 Å². The van der Waals surface area contributed by atoms with Crippen LogP contribution in [0, 0.1) is 23.2 Å². The second-order valence-corrected chi connectivity index (χ2v) is 11.5. The lowest BCUT2D eigenvalue weighted by Crippen LogP contribution is -2.62. The molecule has 0 aromatic heterocycles. The van der Waals surface area contributed by atoms with Gasteiger partial charge in [0.15, 0.2) is 0 Å². The summed E-state index contributed by atoms with van der Waals surface area (Å²) in [6.45, 7) is 0. The molecule has 0 saturated heterocycles. The summed E-state index contributed by atoms with van der Waals surface area (Å²) in [5.74, 6) is 0.0576. The molecule has 2 amide bonds. The van der Waals surface area contributed by atoms with Crippen LogP contribution in [0.25, 0.3) is 0 Å². The fourth-order valence-electron chi connectivity index (χ4n) is 6.75. The monoisotopic (exact) mass is 554 g/mol. The molecular formula is C25H24ClF3N3O4S-. The third-order valence-corrected chi connectivity index (χ3v) is 9.11. The predicted molar refractivity (Wildman–Crippen MR) is 130 cm³/mol. The Morgan fingerprint density at radius 2 is 1.73 bits per heavy atom. The number of carbonyl (C=O) groups excluding carboxylic acids is 2. The maximum Gasteiger partial charge on any atom is 0.417 e. The van der Waals surface area contributed by atoms with Gasteiger partial charge >= 0.3 is 6.18 Å². The van der Waals surface area contributed by atoms with E-state index in [1.54, 1.807) is 0 Å². The van der Waals surface area contributed by atoms with E-state index in [9.17, 15) is 31.5 Å². The summed E-state index contributed by atoms with van der Waals surface area (Å²) in [6.07, 6.45) is -0.726. The molecule has 7 nitrogen and oxygen atoms in total. The van der Waals surface area contributed by atoms with Crippen molar-refractivity contribution in [2.24, 2.45) is 28.9 Å². The van der Waals surface area contributed by atoms with Gasteiger partial charge in [-0.1, -0.05) is 17.7 Å². The van der Waals surface area contributed by atoms with E-state index in [2.05, 4.69) is 5.32 Å². The van der Waals surface area contributed by atoms with E-state index in [1.807, 2.05) is 0 Å². The van der Waals surface area contributed by atoms with Crippen LogP contribution in [0.4, 0.5) is 24.5 Å². The highest BCUT2D eigenvalue weighted by Gasteiger charge is 2.58. The number of rotatable bonds is 6. The molecule has 4 aliphatic rings. The van der Waals surface area contributed by atoms with Crippen LogP contribution in [-0.2, 0) is 22.2 Å². The number of carbonyl (C=O) groups is 2. The summed E-state index contributed by atoms with van der Waals surface area (Å²) in [6, 6.07) is 8.32. The van der Waals surface area contributed by atoms with Gasteiger partial charge in [-0.05, 0) is 86.3 Å². The SMILES string of the molecule is NC(=O)C12CC3CC(C1)C(NC(=O)c1cccc(N(c4ccc(C(F)(F)F)c(Cl)c4)S(=O)[O-])c1)C(C3)C2. The van der Waals surface area contributed by atoms with Gasteiger partial charge in [0, 0.05) is 17.0 Å². The van der Waals surface area contributed by atoms with Crippen molar-refractivity contribution < 1.29 is 31.5 Å². The largest absolute Gasteiger partial charge is 0.755 e. The van der Waals surface area contributed by atoms with Crippen molar-refractivity contribution in [2.45, 2.75) is 44.3 Å². The number of anilines is 2. The topological polar surface area (TPSA) is 116 Å². The molecule has 3 unspecified atom stereocenters. The summed E-state index contributed by atoms with van der Waals surface area (Å²) < 4.78 is 64.1. The Kier molecular flexibility index (Phi) is 6.52. The van der Waals surface area contributed by atoms with Crippen LogP contribution < -0.4 is 15.4 Å². The Morgan fingerprint density at radius 3 is 2.30 bits per heavy atom. The smallest absolute Gasteiger partial charge is 0.417 e. The second-order valence-electron chi connectivity index (χ2n) is 10.3. The van der Waals surface area contributed by atoms with E-state index in [-0.39, 0.29) is 40.7 Å². The molecule has 6 rings (SSSR count). The molecular weight excluding hydrogens is 531 g/mol. The van der Waals surface area contributed by atoms with Crippen LogP contribution in [0.5, 0.6) is 0 Å². The first kappa shape index (κ1) is 26.0. The molecule has 0 aliphatic heterocycles. The fourth-order valence-corrected chi connectivity index (χ4v) is 7.60. The van der Waals surface area contributed by atoms with Crippen LogP contribution in [0.2, 0.25) is 5.02 Å². The summed E-state index contributed by atoms with van der Waals surface area (Å²) in [5.41, 5.74) is 4.32. The molecule has 2 aromatic rings. The van der Waals surface area contributed by atoms with Crippen molar-refractivity contribution in [3.63, 3.8) is 0 Å². The van der Waals surface area contributed by atoms with Crippen molar-refractivity contribution in [1.29, 1.82) is 0 Å². The number of benzene rings is 2. The second kappa shape index (κ2) is 9.28. The zero-order valence-corrected chi connectivity index (χ0v) is 21.0. The highest BCUT2D eigenvalue weighted by molar-refractivity contribution is 7.81. The lowest BCUT2D eigenvalue weighted by Gasteiger charge is -2.58. The number of halogens is 4. The average Bonchev–Trinajstić information content (AvgIpc) is 2.80. The molecule has 2 aromatic carbocycles. The highest BCUT2D eigenvalue weighted by atomic mass is 35.5. The molecule has 3 N–H and O–H groups in total. The standard InChI is InChI=1S/C25H25ClF3N3O4S/c26-20-9-18(4-5-19(20)25(27,28)29)32(37(35)36)17-3-1-2-14(8-17)22(33)31-21-15-6-13-7-16(21)12-24(10-13,11-15)23(30)34/h1-5,8-9,13,15-16,21H,6-7,10-12H2,(H2,30,34)(H,31,33)(H,35,36)/p-1. The van der Waals surface area contributed by atoms with E-state index in [4.69, 9.17) is 17.3 Å². The molecule has 4 fully saturated rings. The van der Waals surface area contributed by atoms with Crippen LogP contribution in [0.3, 0.4) is 0 Å². The average molecular weight is 555 g/mol. The Hall–Kier alpha value is -2.63. The van der Waals surface area contributed by atoms with Crippen molar-refractivity contribution in [3.05, 3.63) is 58.6 Å². The number of nitrogens with zero attached hydrogens (tertiary/aromatic N) is 1. The molecule has 0 heterocycles. The minimum atomic E-state index is -4.69. The maximum absolute atomic E-state index is 13.2. The number of amides is 2. The minimum Gasteiger partial charge on any atom is -0.755 e. The van der Waals surface area contributed by atoms with Gasteiger partial charge in [0.05, 0.1) is 33.2 Å². The molecule has 12 heteroatoms. The highest BCUT2D eigenvalue weighted by Crippen LogP contribution is 2.60. The maximum atomic E-state index is 13.2. The Balaban J connectivity index is 1.37. The lowest BCUT2D eigenvalue weighted by molar-refractivity contribution is -0.145. The quantitative estimate of drug-likeness (QED) is 0.503. The van der Waals surface area contributed by atoms with Gasteiger partial charge in [-0.2, -0.15) is 13.2 Å². The summed E-state index contributed by atoms with van der Waals surface area (Å²) in [4.78, 5) is 25.4. The molecule has 4 saturated carbocycles.